The van der Waals surface area contributed by atoms with E-state index in [4.69, 9.17) is 23.2 Å². The lowest BCUT2D eigenvalue weighted by Gasteiger charge is -2.07. The Morgan fingerprint density at radius 3 is 2.62 bits per heavy atom. The third-order valence-corrected chi connectivity index (χ3v) is 3.98. The number of halogens is 2. The highest BCUT2D eigenvalue weighted by Crippen LogP contribution is 2.28. The summed E-state index contributed by atoms with van der Waals surface area (Å²) in [6, 6.07) is 4.71. The van der Waals surface area contributed by atoms with Gasteiger partial charge in [-0.3, -0.25) is 10.1 Å². The highest BCUT2D eigenvalue weighted by molar-refractivity contribution is 7.99. The van der Waals surface area contributed by atoms with Crippen LogP contribution >= 0.6 is 35.0 Å². The normalized spacial score (nSPS) is 12.4. The van der Waals surface area contributed by atoms with Crippen LogP contribution in [0.4, 0.5) is 0 Å². The van der Waals surface area contributed by atoms with E-state index >= 15 is 0 Å². The van der Waals surface area contributed by atoms with Gasteiger partial charge in [-0.15, -0.1) is 11.8 Å². The number of hydrogen-bond donors (Lipinski definition) is 0. The standard InChI is InChI=1S/C10H11Cl2NO2S/c1-2-7(13(14)15)6-16-8-3-4-9(11)10(12)5-8/h3-5,7H,2,6H2,1H3. The lowest BCUT2D eigenvalue weighted by molar-refractivity contribution is -0.516. The Kier molecular flexibility index (Phi) is 5.38. The average Bonchev–Trinajstić information content (AvgIpc) is 2.23. The second kappa shape index (κ2) is 6.33. The fourth-order valence-corrected chi connectivity index (χ4v) is 2.56. The van der Waals surface area contributed by atoms with Gasteiger partial charge >= 0.3 is 0 Å². The fraction of sp³-hybridized carbons (Fsp3) is 0.400. The Morgan fingerprint density at radius 2 is 2.12 bits per heavy atom. The van der Waals surface area contributed by atoms with Crippen molar-refractivity contribution in [3.8, 4) is 0 Å². The van der Waals surface area contributed by atoms with Crippen LogP contribution in [-0.2, 0) is 0 Å². The van der Waals surface area contributed by atoms with Gasteiger partial charge in [-0.1, -0.05) is 30.1 Å². The molecule has 16 heavy (non-hydrogen) atoms. The number of thioether (sulfide) groups is 1. The molecule has 0 spiro atoms. The monoisotopic (exact) mass is 279 g/mol. The Morgan fingerprint density at radius 1 is 1.44 bits per heavy atom. The molecule has 1 unspecified atom stereocenters. The van der Waals surface area contributed by atoms with Crippen molar-refractivity contribution >= 4 is 35.0 Å². The molecule has 0 N–H and O–H groups in total. The van der Waals surface area contributed by atoms with Crippen LogP contribution in [0.15, 0.2) is 23.1 Å². The van der Waals surface area contributed by atoms with Gasteiger partial charge in [0.15, 0.2) is 0 Å². The first-order chi connectivity index (χ1) is 7.54. The molecule has 0 saturated heterocycles. The maximum Gasteiger partial charge on any atom is 0.222 e. The van der Waals surface area contributed by atoms with Gasteiger partial charge in [0.2, 0.25) is 6.04 Å². The summed E-state index contributed by atoms with van der Waals surface area (Å²) in [5, 5.41) is 11.6. The average molecular weight is 280 g/mol. The van der Waals surface area contributed by atoms with Crippen molar-refractivity contribution < 1.29 is 4.92 Å². The van der Waals surface area contributed by atoms with Crippen molar-refractivity contribution in [3.63, 3.8) is 0 Å². The van der Waals surface area contributed by atoms with Crippen LogP contribution in [0.2, 0.25) is 10.0 Å². The van der Waals surface area contributed by atoms with E-state index in [9.17, 15) is 10.1 Å². The van der Waals surface area contributed by atoms with E-state index in [1.165, 1.54) is 11.8 Å². The van der Waals surface area contributed by atoms with Gasteiger partial charge in [0.05, 0.1) is 15.8 Å². The SMILES string of the molecule is CCC(CSc1ccc(Cl)c(Cl)c1)[N+](=O)[O-]. The molecule has 0 aromatic heterocycles. The predicted molar refractivity (Wildman–Crippen MR) is 68.3 cm³/mol. The molecule has 0 amide bonds. The molecule has 88 valence electrons. The molecule has 0 heterocycles. The Hall–Kier alpha value is -0.450. The molecular formula is C10H11Cl2NO2S. The summed E-state index contributed by atoms with van der Waals surface area (Å²) >= 11 is 13.0. The summed E-state index contributed by atoms with van der Waals surface area (Å²) in [7, 11) is 0. The third kappa shape index (κ3) is 3.85. The highest BCUT2D eigenvalue weighted by atomic mass is 35.5. The second-order valence-electron chi connectivity index (χ2n) is 3.23. The molecule has 0 saturated carbocycles. The van der Waals surface area contributed by atoms with Gasteiger partial charge < -0.3 is 0 Å². The van der Waals surface area contributed by atoms with Crippen molar-refractivity contribution in [2.24, 2.45) is 0 Å². The topological polar surface area (TPSA) is 43.1 Å². The van der Waals surface area contributed by atoms with E-state index in [2.05, 4.69) is 0 Å². The van der Waals surface area contributed by atoms with Gasteiger partial charge in [0, 0.05) is 16.2 Å². The lowest BCUT2D eigenvalue weighted by atomic mass is 10.3. The van der Waals surface area contributed by atoms with Gasteiger partial charge in [-0.25, -0.2) is 0 Å². The van der Waals surface area contributed by atoms with Gasteiger partial charge in [-0.05, 0) is 18.2 Å². The lowest BCUT2D eigenvalue weighted by Crippen LogP contribution is -2.20. The van der Waals surface area contributed by atoms with Crippen LogP contribution in [0.5, 0.6) is 0 Å². The summed E-state index contributed by atoms with van der Waals surface area (Å²) in [4.78, 5) is 11.3. The molecule has 0 bridgehead atoms. The number of benzene rings is 1. The summed E-state index contributed by atoms with van der Waals surface area (Å²) in [5.74, 6) is 0.446. The van der Waals surface area contributed by atoms with E-state index in [1.807, 2.05) is 13.0 Å². The first-order valence-corrected chi connectivity index (χ1v) is 6.50. The molecule has 6 heteroatoms. The summed E-state index contributed by atoms with van der Waals surface area (Å²) in [6.45, 7) is 1.81. The third-order valence-electron chi connectivity index (χ3n) is 2.10. The Balaban J connectivity index is 2.60. The van der Waals surface area contributed by atoms with E-state index in [1.54, 1.807) is 12.1 Å². The van der Waals surface area contributed by atoms with E-state index < -0.39 is 6.04 Å². The molecule has 3 nitrogen and oxygen atoms in total. The summed E-state index contributed by atoms with van der Waals surface area (Å²) in [6.07, 6.45) is 0.529. The predicted octanol–water partition coefficient (Wildman–Crippen LogP) is 4.14. The van der Waals surface area contributed by atoms with Crippen molar-refractivity contribution in [1.82, 2.24) is 0 Å². The number of rotatable bonds is 5. The minimum Gasteiger partial charge on any atom is -0.264 e. The zero-order chi connectivity index (χ0) is 12.1. The molecule has 0 aliphatic rings. The van der Waals surface area contributed by atoms with Crippen LogP contribution < -0.4 is 0 Å². The van der Waals surface area contributed by atoms with Crippen molar-refractivity contribution in [1.29, 1.82) is 0 Å². The Bertz CT molecular complexity index is 387. The van der Waals surface area contributed by atoms with Crippen molar-refractivity contribution in [3.05, 3.63) is 38.4 Å². The van der Waals surface area contributed by atoms with Crippen LogP contribution in [0.1, 0.15) is 13.3 Å². The summed E-state index contributed by atoms with van der Waals surface area (Å²) in [5.41, 5.74) is 0. The second-order valence-corrected chi connectivity index (χ2v) is 5.14. The van der Waals surface area contributed by atoms with Gasteiger partial charge in [0.1, 0.15) is 0 Å². The van der Waals surface area contributed by atoms with Crippen LogP contribution in [-0.4, -0.2) is 16.7 Å². The molecule has 1 rings (SSSR count). The van der Waals surface area contributed by atoms with Crippen molar-refractivity contribution in [2.75, 3.05) is 5.75 Å². The molecular weight excluding hydrogens is 269 g/mol. The minimum absolute atomic E-state index is 0.246. The Labute approximate surface area is 108 Å². The van der Waals surface area contributed by atoms with Crippen LogP contribution in [0, 0.1) is 10.1 Å². The number of nitrogens with zero attached hydrogens (tertiary/aromatic N) is 1. The smallest absolute Gasteiger partial charge is 0.222 e. The molecule has 1 aromatic rings. The highest BCUT2D eigenvalue weighted by Gasteiger charge is 2.17. The largest absolute Gasteiger partial charge is 0.264 e. The van der Waals surface area contributed by atoms with Crippen molar-refractivity contribution in [2.45, 2.75) is 24.3 Å². The first-order valence-electron chi connectivity index (χ1n) is 4.76. The summed E-state index contributed by atoms with van der Waals surface area (Å²) < 4.78 is 0. The number of hydrogen-bond acceptors (Lipinski definition) is 3. The molecule has 0 aliphatic carbocycles. The van der Waals surface area contributed by atoms with Crippen LogP contribution in [0.3, 0.4) is 0 Å². The van der Waals surface area contributed by atoms with Gasteiger partial charge in [-0.2, -0.15) is 0 Å². The maximum atomic E-state index is 10.6. The molecule has 0 fully saturated rings. The molecule has 0 aliphatic heterocycles. The van der Waals surface area contributed by atoms with E-state index in [0.717, 1.165) is 4.90 Å². The molecule has 0 radical (unpaired) electrons. The van der Waals surface area contributed by atoms with E-state index in [-0.39, 0.29) is 4.92 Å². The quantitative estimate of drug-likeness (QED) is 0.462. The zero-order valence-electron chi connectivity index (χ0n) is 8.65. The minimum atomic E-state index is -0.514. The van der Waals surface area contributed by atoms with E-state index in [0.29, 0.717) is 22.2 Å². The number of nitro groups is 1. The van der Waals surface area contributed by atoms with Gasteiger partial charge in [0.25, 0.3) is 0 Å². The molecule has 1 aromatic carbocycles. The zero-order valence-corrected chi connectivity index (χ0v) is 11.0. The fourth-order valence-electron chi connectivity index (χ4n) is 1.09. The first kappa shape index (κ1) is 13.6. The maximum absolute atomic E-state index is 10.6. The van der Waals surface area contributed by atoms with Crippen LogP contribution in [0.25, 0.3) is 0 Å². The molecule has 1 atom stereocenters.